The molecule has 0 spiro atoms. The summed E-state index contributed by atoms with van der Waals surface area (Å²) < 4.78 is 5.30. The van der Waals surface area contributed by atoms with Crippen LogP contribution in [0.15, 0.2) is 84.0 Å². The summed E-state index contributed by atoms with van der Waals surface area (Å²) in [6, 6.07) is 25.0. The Morgan fingerprint density at radius 2 is 1.60 bits per heavy atom. The Balaban J connectivity index is 1.26. The average Bonchev–Trinajstić information content (AvgIpc) is 3.67. The molecule has 3 aromatic carbocycles. The highest BCUT2D eigenvalue weighted by molar-refractivity contribution is 5.92. The Kier molecular flexibility index (Phi) is 7.01. The summed E-state index contributed by atoms with van der Waals surface area (Å²) in [7, 11) is 0. The van der Waals surface area contributed by atoms with E-state index < -0.39 is 23.6 Å². The molecule has 0 aromatic heterocycles. The van der Waals surface area contributed by atoms with Crippen LogP contribution < -0.4 is 16.5 Å². The topological polar surface area (TPSA) is 126 Å². The molecule has 4 rings (SSSR count). The second-order valence-corrected chi connectivity index (χ2v) is 8.58. The lowest BCUT2D eigenvalue weighted by Gasteiger charge is -2.14. The lowest BCUT2D eigenvalue weighted by Crippen LogP contribution is -2.38. The summed E-state index contributed by atoms with van der Waals surface area (Å²) in [6.45, 7) is 2.19. The molecule has 1 aliphatic rings. The molecule has 1 fully saturated rings. The van der Waals surface area contributed by atoms with Gasteiger partial charge in [-0.05, 0) is 47.6 Å². The van der Waals surface area contributed by atoms with Gasteiger partial charge in [0, 0.05) is 0 Å². The number of carboxylic acids is 1. The Hall–Kier alpha value is -4.33. The summed E-state index contributed by atoms with van der Waals surface area (Å²) >= 11 is 0. The number of benzene rings is 3. The minimum atomic E-state index is -0.751. The number of hydrazone groups is 1. The van der Waals surface area contributed by atoms with Crippen molar-refractivity contribution in [2.45, 2.75) is 37.8 Å². The van der Waals surface area contributed by atoms with Crippen LogP contribution in [0.4, 0.5) is 4.79 Å². The van der Waals surface area contributed by atoms with Gasteiger partial charge in [0.1, 0.15) is 6.10 Å². The summed E-state index contributed by atoms with van der Waals surface area (Å²) in [5.74, 6) is -0.846. The van der Waals surface area contributed by atoms with Crippen molar-refractivity contribution < 1.29 is 19.4 Å². The summed E-state index contributed by atoms with van der Waals surface area (Å²) in [6.07, 6.45) is 0.286. The van der Waals surface area contributed by atoms with Gasteiger partial charge in [-0.3, -0.25) is 10.1 Å². The zero-order valence-electron chi connectivity index (χ0n) is 19.4. The van der Waals surface area contributed by atoms with E-state index in [2.05, 4.69) is 15.8 Å². The molecule has 1 aliphatic carbocycles. The Bertz CT molecular complexity index is 1200. The normalized spacial score (nSPS) is 15.1. The van der Waals surface area contributed by atoms with E-state index in [1.807, 2.05) is 78.9 Å². The monoisotopic (exact) mass is 472 g/mol. The van der Waals surface area contributed by atoms with Crippen LogP contribution in [-0.2, 0) is 21.5 Å². The first-order valence-electron chi connectivity index (χ1n) is 11.4. The van der Waals surface area contributed by atoms with Crippen molar-refractivity contribution in [3.05, 3.63) is 95.6 Å². The number of guanidine groups is 1. The molecule has 0 heterocycles. The molecule has 1 atom stereocenters. The molecule has 1 saturated carbocycles. The van der Waals surface area contributed by atoms with Crippen LogP contribution in [0.5, 0.6) is 0 Å². The van der Waals surface area contributed by atoms with E-state index in [9.17, 15) is 14.7 Å². The molecule has 5 N–H and O–H groups in total. The van der Waals surface area contributed by atoms with E-state index in [0.717, 1.165) is 27.8 Å². The first-order chi connectivity index (χ1) is 16.9. The maximum Gasteiger partial charge on any atom is 0.414 e. The van der Waals surface area contributed by atoms with Gasteiger partial charge in [0.15, 0.2) is 0 Å². The first-order valence-corrected chi connectivity index (χ1v) is 11.4. The van der Waals surface area contributed by atoms with E-state index in [4.69, 9.17) is 10.5 Å². The van der Waals surface area contributed by atoms with Crippen molar-refractivity contribution in [3.63, 3.8) is 0 Å². The number of ether oxygens (including phenoxy) is 1. The number of carbonyl (C=O) groups is 2. The molecule has 8 heteroatoms. The number of alkyl carbamates (subject to hydrolysis) is 1. The lowest BCUT2D eigenvalue weighted by molar-refractivity contribution is -0.140. The predicted octanol–water partition coefficient (Wildman–Crippen LogP) is 4.28. The number of nitrogens with zero attached hydrogens (tertiary/aromatic N) is 1. The number of amides is 1. The van der Waals surface area contributed by atoms with Gasteiger partial charge in [-0.25, -0.2) is 4.79 Å². The minimum Gasteiger partial charge on any atom is -0.481 e. The fourth-order valence-electron chi connectivity index (χ4n) is 3.88. The third-order valence-corrected chi connectivity index (χ3v) is 6.15. The second-order valence-electron chi connectivity index (χ2n) is 8.58. The molecule has 1 amide bonds. The van der Waals surface area contributed by atoms with Crippen molar-refractivity contribution in [1.29, 1.82) is 0 Å². The number of rotatable bonds is 8. The Labute approximate surface area is 203 Å². The van der Waals surface area contributed by atoms with E-state index in [1.54, 1.807) is 6.92 Å². The molecule has 0 saturated heterocycles. The highest BCUT2D eigenvalue weighted by atomic mass is 16.6. The number of hydrogen-bond donors (Lipinski definition) is 4. The quantitative estimate of drug-likeness (QED) is 0.220. The molecule has 8 nitrogen and oxygen atoms in total. The molecular formula is C27H28N4O4. The molecule has 1 unspecified atom stereocenters. The van der Waals surface area contributed by atoms with Crippen LogP contribution in [0, 0.1) is 0 Å². The van der Waals surface area contributed by atoms with Crippen molar-refractivity contribution in [1.82, 2.24) is 10.7 Å². The van der Waals surface area contributed by atoms with E-state index >= 15 is 0 Å². The molecule has 0 bridgehead atoms. The molecule has 0 radical (unpaired) electrons. The number of carboxylic acid groups (broad SMARTS) is 1. The van der Waals surface area contributed by atoms with Crippen LogP contribution in [0.3, 0.4) is 0 Å². The fraction of sp³-hybridized carbons (Fsp3) is 0.222. The average molecular weight is 473 g/mol. The largest absolute Gasteiger partial charge is 0.481 e. The van der Waals surface area contributed by atoms with Gasteiger partial charge in [0.05, 0.1) is 12.0 Å². The highest BCUT2D eigenvalue weighted by Crippen LogP contribution is 2.48. The van der Waals surface area contributed by atoms with Gasteiger partial charge in [-0.2, -0.15) is 0 Å². The van der Waals surface area contributed by atoms with Crippen molar-refractivity contribution in [2.24, 2.45) is 10.8 Å². The summed E-state index contributed by atoms with van der Waals surface area (Å²) in [5.41, 5.74) is 12.7. The molecule has 35 heavy (non-hydrogen) atoms. The van der Waals surface area contributed by atoms with Crippen molar-refractivity contribution in [3.8, 4) is 11.1 Å². The third-order valence-electron chi connectivity index (χ3n) is 6.15. The van der Waals surface area contributed by atoms with Crippen LogP contribution >= 0.6 is 0 Å². The van der Waals surface area contributed by atoms with Crippen molar-refractivity contribution in [2.75, 3.05) is 0 Å². The minimum absolute atomic E-state index is 0.0956. The van der Waals surface area contributed by atoms with Crippen LogP contribution in [-0.4, -0.2) is 23.1 Å². The standard InChI is InChI=1S/C27H28N4O4/c1-18(20-5-3-2-4-6-20)35-26(34)30-25(28)31-29-17-19-7-9-21(10-8-19)22-11-13-23(14-12-22)27(15-16-27)24(32)33/h2-14,18,29H,15-17H2,1H3,(H,32,33)(H3,28,30,31,34). The highest BCUT2D eigenvalue weighted by Gasteiger charge is 2.51. The smallest absolute Gasteiger partial charge is 0.414 e. The maximum atomic E-state index is 12.0. The zero-order chi connectivity index (χ0) is 24.8. The number of carbonyl (C=O) groups excluding carboxylic acids is 1. The SMILES string of the molecule is CC(OC(=O)N/C(N)=N/NCc1ccc(-c2ccc(C3(C(=O)O)CC3)cc2)cc1)c1ccccc1. The Morgan fingerprint density at radius 1 is 1.00 bits per heavy atom. The van der Waals surface area contributed by atoms with Gasteiger partial charge < -0.3 is 21.0 Å². The van der Waals surface area contributed by atoms with E-state index in [-0.39, 0.29) is 5.96 Å². The molecule has 180 valence electrons. The molecule has 0 aliphatic heterocycles. The molecular weight excluding hydrogens is 444 g/mol. The summed E-state index contributed by atoms with van der Waals surface area (Å²) in [5, 5.41) is 15.8. The number of aliphatic carboxylic acids is 1. The lowest BCUT2D eigenvalue weighted by atomic mass is 9.94. The van der Waals surface area contributed by atoms with Gasteiger partial charge in [0.2, 0.25) is 5.96 Å². The van der Waals surface area contributed by atoms with Crippen LogP contribution in [0.25, 0.3) is 11.1 Å². The van der Waals surface area contributed by atoms with Gasteiger partial charge in [-0.15, -0.1) is 5.10 Å². The maximum absolute atomic E-state index is 12.0. The van der Waals surface area contributed by atoms with Crippen molar-refractivity contribution >= 4 is 18.0 Å². The number of nitrogens with one attached hydrogen (secondary N) is 2. The second kappa shape index (κ2) is 10.3. The Morgan fingerprint density at radius 3 is 2.17 bits per heavy atom. The first kappa shape index (κ1) is 23.8. The van der Waals surface area contributed by atoms with E-state index in [1.165, 1.54) is 0 Å². The van der Waals surface area contributed by atoms with E-state index in [0.29, 0.717) is 19.4 Å². The number of hydrogen-bond acceptors (Lipinski definition) is 5. The predicted molar refractivity (Wildman–Crippen MR) is 133 cm³/mol. The van der Waals surface area contributed by atoms with Gasteiger partial charge in [0.25, 0.3) is 0 Å². The zero-order valence-corrected chi connectivity index (χ0v) is 19.4. The molecule has 3 aromatic rings. The fourth-order valence-corrected chi connectivity index (χ4v) is 3.88. The van der Waals surface area contributed by atoms with Crippen LogP contribution in [0.2, 0.25) is 0 Å². The summed E-state index contributed by atoms with van der Waals surface area (Å²) in [4.78, 5) is 23.5. The number of nitrogens with two attached hydrogens (primary N) is 1. The van der Waals surface area contributed by atoms with Gasteiger partial charge >= 0.3 is 12.1 Å². The van der Waals surface area contributed by atoms with Crippen LogP contribution in [0.1, 0.15) is 42.6 Å². The third kappa shape index (κ3) is 5.78. The van der Waals surface area contributed by atoms with Gasteiger partial charge in [-0.1, -0.05) is 78.9 Å².